The molecule has 0 bridgehead atoms. The van der Waals surface area contributed by atoms with Crippen molar-refractivity contribution in [3.8, 4) is 11.5 Å². The van der Waals surface area contributed by atoms with Gasteiger partial charge in [-0.15, -0.1) is 0 Å². The summed E-state index contributed by atoms with van der Waals surface area (Å²) < 4.78 is 10.5. The van der Waals surface area contributed by atoms with Crippen LogP contribution in [0.2, 0.25) is 5.02 Å². The zero-order valence-corrected chi connectivity index (χ0v) is 14.6. The van der Waals surface area contributed by atoms with Crippen LogP contribution in [-0.2, 0) is 4.79 Å². The number of ether oxygens (including phenoxy) is 2. The topological polar surface area (TPSA) is 47.6 Å². The van der Waals surface area contributed by atoms with Gasteiger partial charge in [0, 0.05) is 22.7 Å². The predicted octanol–water partition coefficient (Wildman–Crippen LogP) is 4.25. The summed E-state index contributed by atoms with van der Waals surface area (Å²) in [4.78, 5) is 12.1. The van der Waals surface area contributed by atoms with Crippen LogP contribution in [-0.4, -0.2) is 20.1 Å². The van der Waals surface area contributed by atoms with Crippen molar-refractivity contribution >= 4 is 23.6 Å². The largest absolute Gasteiger partial charge is 0.497 e. The van der Waals surface area contributed by atoms with Gasteiger partial charge in [-0.05, 0) is 42.8 Å². The molecule has 0 aromatic heterocycles. The zero-order chi connectivity index (χ0) is 17.5. The maximum absolute atomic E-state index is 12.1. The summed E-state index contributed by atoms with van der Waals surface area (Å²) in [5.41, 5.74) is 1.79. The molecule has 4 nitrogen and oxygen atoms in total. The number of methoxy groups -OCH3 is 2. The summed E-state index contributed by atoms with van der Waals surface area (Å²) in [5, 5.41) is 3.58. The lowest BCUT2D eigenvalue weighted by molar-refractivity contribution is -0.117. The first-order chi connectivity index (χ1) is 11.5. The molecule has 2 aromatic carbocycles. The van der Waals surface area contributed by atoms with E-state index in [2.05, 4.69) is 5.32 Å². The Hall–Kier alpha value is -2.46. The molecule has 0 aliphatic carbocycles. The molecule has 0 saturated heterocycles. The molecule has 0 heterocycles. The predicted molar refractivity (Wildman–Crippen MR) is 96.6 cm³/mol. The lowest BCUT2D eigenvalue weighted by atomic mass is 10.1. The van der Waals surface area contributed by atoms with Crippen LogP contribution in [0, 0.1) is 0 Å². The van der Waals surface area contributed by atoms with E-state index in [1.54, 1.807) is 38.5 Å². The monoisotopic (exact) mass is 345 g/mol. The molecule has 126 valence electrons. The van der Waals surface area contributed by atoms with Crippen LogP contribution >= 0.6 is 11.6 Å². The minimum absolute atomic E-state index is 0.114. The Labute approximate surface area is 147 Å². The Morgan fingerprint density at radius 3 is 2.46 bits per heavy atom. The van der Waals surface area contributed by atoms with Gasteiger partial charge in [0.1, 0.15) is 11.5 Å². The van der Waals surface area contributed by atoms with E-state index in [4.69, 9.17) is 21.1 Å². The maximum Gasteiger partial charge on any atom is 0.244 e. The second kappa shape index (κ2) is 8.41. The number of nitrogens with one attached hydrogen (secondary N) is 1. The van der Waals surface area contributed by atoms with Crippen molar-refractivity contribution in [2.24, 2.45) is 0 Å². The van der Waals surface area contributed by atoms with Crippen LogP contribution in [0.5, 0.6) is 11.5 Å². The number of carbonyl (C=O) groups excluding carboxylic acids is 1. The van der Waals surface area contributed by atoms with Gasteiger partial charge in [-0.3, -0.25) is 4.79 Å². The summed E-state index contributed by atoms with van der Waals surface area (Å²) in [5.74, 6) is 1.16. The van der Waals surface area contributed by atoms with Gasteiger partial charge >= 0.3 is 0 Å². The standard InChI is InChI=1S/C19H20ClNO3/c1-13(14-4-8-16(20)9-5-14)21-19(22)11-7-15-6-10-17(23-2)12-18(15)24-3/h4-13H,1-3H3,(H,21,22)/b11-7+/t13-/m1/s1. The fourth-order valence-electron chi connectivity index (χ4n) is 2.22. The highest BCUT2D eigenvalue weighted by Gasteiger charge is 2.08. The smallest absolute Gasteiger partial charge is 0.244 e. The number of amides is 1. The summed E-state index contributed by atoms with van der Waals surface area (Å²) in [6, 6.07) is 12.7. The van der Waals surface area contributed by atoms with Crippen molar-refractivity contribution in [1.29, 1.82) is 0 Å². The van der Waals surface area contributed by atoms with Crippen LogP contribution < -0.4 is 14.8 Å². The van der Waals surface area contributed by atoms with Crippen molar-refractivity contribution in [1.82, 2.24) is 5.32 Å². The zero-order valence-electron chi connectivity index (χ0n) is 13.9. The molecule has 0 unspecified atom stereocenters. The molecule has 0 saturated carbocycles. The van der Waals surface area contributed by atoms with Crippen LogP contribution in [0.3, 0.4) is 0 Å². The molecule has 24 heavy (non-hydrogen) atoms. The molecule has 1 N–H and O–H groups in total. The quantitative estimate of drug-likeness (QED) is 0.796. The molecule has 2 rings (SSSR count). The van der Waals surface area contributed by atoms with Gasteiger partial charge in [-0.1, -0.05) is 23.7 Å². The second-order valence-electron chi connectivity index (χ2n) is 5.22. The number of carbonyl (C=O) groups is 1. The lowest BCUT2D eigenvalue weighted by Gasteiger charge is -2.13. The Kier molecular flexibility index (Phi) is 6.27. The number of halogens is 1. The van der Waals surface area contributed by atoms with Gasteiger partial charge in [0.05, 0.1) is 20.3 Å². The first-order valence-electron chi connectivity index (χ1n) is 7.49. The van der Waals surface area contributed by atoms with Crippen molar-refractivity contribution < 1.29 is 14.3 Å². The lowest BCUT2D eigenvalue weighted by Crippen LogP contribution is -2.24. The average Bonchev–Trinajstić information content (AvgIpc) is 2.60. The highest BCUT2D eigenvalue weighted by atomic mass is 35.5. The van der Waals surface area contributed by atoms with Crippen LogP contribution in [0.25, 0.3) is 6.08 Å². The normalized spacial score (nSPS) is 12.0. The van der Waals surface area contributed by atoms with E-state index in [9.17, 15) is 4.79 Å². The van der Waals surface area contributed by atoms with E-state index in [1.165, 1.54) is 6.08 Å². The molecule has 5 heteroatoms. The summed E-state index contributed by atoms with van der Waals surface area (Å²) in [7, 11) is 3.17. The van der Waals surface area contributed by atoms with Crippen molar-refractivity contribution in [3.05, 3.63) is 64.7 Å². The molecule has 1 amide bonds. The van der Waals surface area contributed by atoms with E-state index in [-0.39, 0.29) is 11.9 Å². The summed E-state index contributed by atoms with van der Waals surface area (Å²) in [6.07, 6.45) is 3.19. The molecule has 2 aromatic rings. The molecule has 0 aliphatic heterocycles. The number of hydrogen-bond acceptors (Lipinski definition) is 3. The van der Waals surface area contributed by atoms with Gasteiger partial charge in [-0.2, -0.15) is 0 Å². The highest BCUT2D eigenvalue weighted by molar-refractivity contribution is 6.30. The highest BCUT2D eigenvalue weighted by Crippen LogP contribution is 2.25. The minimum atomic E-state index is -0.185. The fourth-order valence-corrected chi connectivity index (χ4v) is 2.34. The first-order valence-corrected chi connectivity index (χ1v) is 7.87. The molecule has 0 fully saturated rings. The van der Waals surface area contributed by atoms with Gasteiger partial charge < -0.3 is 14.8 Å². The third kappa shape index (κ3) is 4.77. The van der Waals surface area contributed by atoms with Crippen molar-refractivity contribution in [2.45, 2.75) is 13.0 Å². The fraction of sp³-hybridized carbons (Fsp3) is 0.211. The van der Waals surface area contributed by atoms with E-state index in [0.29, 0.717) is 16.5 Å². The van der Waals surface area contributed by atoms with Gasteiger partial charge in [0.15, 0.2) is 0 Å². The van der Waals surface area contributed by atoms with Gasteiger partial charge in [-0.25, -0.2) is 0 Å². The van der Waals surface area contributed by atoms with E-state index < -0.39 is 0 Å². The Balaban J connectivity index is 2.03. The third-order valence-corrected chi connectivity index (χ3v) is 3.84. The molecule has 0 spiro atoms. The van der Waals surface area contributed by atoms with Crippen LogP contribution in [0.4, 0.5) is 0 Å². The number of benzene rings is 2. The third-order valence-electron chi connectivity index (χ3n) is 3.58. The van der Waals surface area contributed by atoms with Crippen LogP contribution in [0.15, 0.2) is 48.5 Å². The molecule has 1 atom stereocenters. The van der Waals surface area contributed by atoms with E-state index >= 15 is 0 Å². The maximum atomic E-state index is 12.1. The van der Waals surface area contributed by atoms with Crippen molar-refractivity contribution in [3.63, 3.8) is 0 Å². The SMILES string of the molecule is COc1ccc(/C=C/C(=O)N[C@H](C)c2ccc(Cl)cc2)c(OC)c1. The first kappa shape index (κ1) is 17.9. The molecular weight excluding hydrogens is 326 g/mol. The Morgan fingerprint density at radius 2 is 1.83 bits per heavy atom. The number of rotatable bonds is 6. The van der Waals surface area contributed by atoms with E-state index in [1.807, 2.05) is 31.2 Å². The Bertz CT molecular complexity index is 726. The summed E-state index contributed by atoms with van der Waals surface area (Å²) >= 11 is 5.87. The average molecular weight is 346 g/mol. The number of hydrogen-bond donors (Lipinski definition) is 1. The Morgan fingerprint density at radius 1 is 1.12 bits per heavy atom. The second-order valence-corrected chi connectivity index (χ2v) is 5.66. The molecular formula is C19H20ClNO3. The molecule has 0 aliphatic rings. The molecule has 0 radical (unpaired) electrons. The summed E-state index contributed by atoms with van der Waals surface area (Å²) in [6.45, 7) is 1.92. The van der Waals surface area contributed by atoms with Gasteiger partial charge in [0.25, 0.3) is 0 Å². The van der Waals surface area contributed by atoms with E-state index in [0.717, 1.165) is 11.1 Å². The van der Waals surface area contributed by atoms with Crippen LogP contribution in [0.1, 0.15) is 24.1 Å². The van der Waals surface area contributed by atoms with Crippen molar-refractivity contribution in [2.75, 3.05) is 14.2 Å². The van der Waals surface area contributed by atoms with Gasteiger partial charge in [0.2, 0.25) is 5.91 Å². The minimum Gasteiger partial charge on any atom is -0.497 e.